The van der Waals surface area contributed by atoms with E-state index in [1.165, 1.54) is 25.7 Å². The molecule has 4 heteroatoms. The Morgan fingerprint density at radius 3 is 3.16 bits per heavy atom. The van der Waals surface area contributed by atoms with Gasteiger partial charge in [0.15, 0.2) is 11.6 Å². The first-order chi connectivity index (χ1) is 9.31. The quantitative estimate of drug-likeness (QED) is 0.874. The minimum Gasteiger partial charge on any atom is -0.490 e. The fraction of sp³-hybridized carbons (Fsp3) is 0.667. The number of pyridine rings is 1. The fourth-order valence-electron chi connectivity index (χ4n) is 3.23. The second-order valence-corrected chi connectivity index (χ2v) is 5.68. The molecule has 2 N–H and O–H groups in total. The molecule has 4 nitrogen and oxygen atoms in total. The summed E-state index contributed by atoms with van der Waals surface area (Å²) in [7, 11) is 0. The van der Waals surface area contributed by atoms with Crippen molar-refractivity contribution in [3.63, 3.8) is 0 Å². The van der Waals surface area contributed by atoms with Crippen LogP contribution in [0.5, 0.6) is 5.75 Å². The highest BCUT2D eigenvalue weighted by Gasteiger charge is 2.40. The van der Waals surface area contributed by atoms with E-state index in [1.54, 1.807) is 0 Å². The van der Waals surface area contributed by atoms with Crippen LogP contribution in [0.1, 0.15) is 39.0 Å². The van der Waals surface area contributed by atoms with E-state index in [-0.39, 0.29) is 0 Å². The van der Waals surface area contributed by atoms with Crippen molar-refractivity contribution in [3.05, 3.63) is 18.3 Å². The molecule has 1 saturated carbocycles. The van der Waals surface area contributed by atoms with Crippen molar-refractivity contribution < 1.29 is 4.74 Å². The van der Waals surface area contributed by atoms with Crippen molar-refractivity contribution in [2.75, 3.05) is 18.5 Å². The van der Waals surface area contributed by atoms with Gasteiger partial charge in [-0.2, -0.15) is 0 Å². The van der Waals surface area contributed by atoms with Gasteiger partial charge in [0.1, 0.15) is 0 Å². The highest BCUT2D eigenvalue weighted by molar-refractivity contribution is 5.50. The minimum atomic E-state index is 0.413. The number of piperidine rings is 1. The van der Waals surface area contributed by atoms with Crippen LogP contribution in [0, 0.1) is 0 Å². The molecule has 2 fully saturated rings. The van der Waals surface area contributed by atoms with Gasteiger partial charge < -0.3 is 15.4 Å². The van der Waals surface area contributed by atoms with Gasteiger partial charge >= 0.3 is 0 Å². The van der Waals surface area contributed by atoms with E-state index in [1.807, 2.05) is 25.3 Å². The second kappa shape index (κ2) is 5.37. The summed E-state index contributed by atoms with van der Waals surface area (Å²) in [5.74, 6) is 1.76. The van der Waals surface area contributed by atoms with Gasteiger partial charge in [0.05, 0.1) is 6.61 Å². The number of anilines is 1. The highest BCUT2D eigenvalue weighted by atomic mass is 16.5. The lowest BCUT2D eigenvalue weighted by atomic mass is 9.70. The molecule has 3 rings (SSSR count). The van der Waals surface area contributed by atoms with Gasteiger partial charge in [-0.3, -0.25) is 0 Å². The summed E-state index contributed by atoms with van der Waals surface area (Å²) in [6.07, 6.45) is 8.20. The monoisotopic (exact) mass is 261 g/mol. The fourth-order valence-corrected chi connectivity index (χ4v) is 3.23. The van der Waals surface area contributed by atoms with Crippen molar-refractivity contribution in [1.82, 2.24) is 10.3 Å². The first-order valence-corrected chi connectivity index (χ1v) is 7.41. The van der Waals surface area contributed by atoms with Crippen LogP contribution >= 0.6 is 0 Å². The molecule has 0 radical (unpaired) electrons. The Labute approximate surface area is 115 Å². The lowest BCUT2D eigenvalue weighted by molar-refractivity contribution is 0.135. The maximum absolute atomic E-state index is 5.63. The standard InChI is InChI=1S/C15H23N3O/c1-2-19-13-5-3-9-16-14(13)18-12-6-10-17-15(11-12)7-4-8-15/h3,5,9,12,17H,2,4,6-8,10-11H2,1H3,(H,16,18). The van der Waals surface area contributed by atoms with E-state index in [4.69, 9.17) is 4.74 Å². The van der Waals surface area contributed by atoms with Gasteiger partial charge in [0.25, 0.3) is 0 Å². The molecule has 19 heavy (non-hydrogen) atoms. The number of hydrogen-bond donors (Lipinski definition) is 2. The summed E-state index contributed by atoms with van der Waals surface area (Å²) in [6, 6.07) is 4.42. The first-order valence-electron chi connectivity index (χ1n) is 7.41. The van der Waals surface area contributed by atoms with Gasteiger partial charge in [-0.25, -0.2) is 4.98 Å². The van der Waals surface area contributed by atoms with Crippen molar-refractivity contribution in [1.29, 1.82) is 0 Å². The number of rotatable bonds is 4. The second-order valence-electron chi connectivity index (χ2n) is 5.68. The van der Waals surface area contributed by atoms with Gasteiger partial charge in [0, 0.05) is 17.8 Å². The maximum atomic E-state index is 5.63. The van der Waals surface area contributed by atoms with Crippen molar-refractivity contribution in [2.45, 2.75) is 50.6 Å². The van der Waals surface area contributed by atoms with Gasteiger partial charge in [-0.05, 0) is 57.7 Å². The molecule has 104 valence electrons. The SMILES string of the molecule is CCOc1cccnc1NC1CCNC2(CCC2)C1. The third-order valence-corrected chi connectivity index (χ3v) is 4.35. The molecule has 2 aliphatic rings. The Balaban J connectivity index is 1.67. The van der Waals surface area contributed by atoms with E-state index < -0.39 is 0 Å². The Morgan fingerprint density at radius 1 is 1.53 bits per heavy atom. The summed E-state index contributed by atoms with van der Waals surface area (Å²) >= 11 is 0. The smallest absolute Gasteiger partial charge is 0.168 e. The zero-order valence-electron chi connectivity index (χ0n) is 11.6. The highest BCUT2D eigenvalue weighted by Crippen LogP contribution is 2.39. The zero-order valence-corrected chi connectivity index (χ0v) is 11.6. The molecule has 1 saturated heterocycles. The largest absolute Gasteiger partial charge is 0.490 e. The Morgan fingerprint density at radius 2 is 2.42 bits per heavy atom. The van der Waals surface area contributed by atoms with Crippen molar-refractivity contribution in [3.8, 4) is 5.75 Å². The lowest BCUT2D eigenvalue weighted by Crippen LogP contribution is -2.58. The Hall–Kier alpha value is -1.29. The van der Waals surface area contributed by atoms with Crippen LogP contribution in [0.4, 0.5) is 5.82 Å². The molecule has 1 aliphatic carbocycles. The number of aromatic nitrogens is 1. The summed E-state index contributed by atoms with van der Waals surface area (Å²) < 4.78 is 5.63. The molecule has 1 aromatic rings. The predicted molar refractivity (Wildman–Crippen MR) is 76.6 cm³/mol. The van der Waals surface area contributed by atoms with E-state index in [0.717, 1.165) is 24.5 Å². The van der Waals surface area contributed by atoms with Crippen LogP contribution in [0.2, 0.25) is 0 Å². The molecular formula is C15H23N3O. The van der Waals surface area contributed by atoms with Crippen molar-refractivity contribution in [2.24, 2.45) is 0 Å². The molecule has 0 aromatic carbocycles. The van der Waals surface area contributed by atoms with E-state index >= 15 is 0 Å². The third-order valence-electron chi connectivity index (χ3n) is 4.35. The van der Waals surface area contributed by atoms with Crippen LogP contribution in [0.3, 0.4) is 0 Å². The van der Waals surface area contributed by atoms with Gasteiger partial charge in [-0.15, -0.1) is 0 Å². The minimum absolute atomic E-state index is 0.413. The van der Waals surface area contributed by atoms with Crippen LogP contribution < -0.4 is 15.4 Å². The number of ether oxygens (including phenoxy) is 1. The van der Waals surface area contributed by atoms with E-state index in [9.17, 15) is 0 Å². The van der Waals surface area contributed by atoms with E-state index in [2.05, 4.69) is 15.6 Å². The summed E-state index contributed by atoms with van der Waals surface area (Å²) in [6.45, 7) is 3.79. The summed E-state index contributed by atoms with van der Waals surface area (Å²) in [5, 5.41) is 7.28. The summed E-state index contributed by atoms with van der Waals surface area (Å²) in [4.78, 5) is 4.43. The Bertz CT molecular complexity index is 431. The van der Waals surface area contributed by atoms with Crippen LogP contribution in [-0.2, 0) is 0 Å². The molecule has 0 amide bonds. The first kappa shape index (κ1) is 12.7. The Kier molecular flexibility index (Phi) is 3.60. The molecule has 1 spiro atoms. The van der Waals surface area contributed by atoms with E-state index in [0.29, 0.717) is 18.2 Å². The zero-order chi connectivity index (χ0) is 13.1. The van der Waals surface area contributed by atoms with Gasteiger partial charge in [0.2, 0.25) is 0 Å². The van der Waals surface area contributed by atoms with Crippen LogP contribution in [0.15, 0.2) is 18.3 Å². The summed E-state index contributed by atoms with van der Waals surface area (Å²) in [5.41, 5.74) is 0.413. The molecule has 1 atom stereocenters. The predicted octanol–water partition coefficient (Wildman–Crippen LogP) is 2.57. The van der Waals surface area contributed by atoms with Crippen LogP contribution in [-0.4, -0.2) is 29.7 Å². The van der Waals surface area contributed by atoms with Crippen LogP contribution in [0.25, 0.3) is 0 Å². The number of nitrogens with zero attached hydrogens (tertiary/aromatic N) is 1. The molecular weight excluding hydrogens is 238 g/mol. The number of nitrogens with one attached hydrogen (secondary N) is 2. The topological polar surface area (TPSA) is 46.2 Å². The average molecular weight is 261 g/mol. The average Bonchev–Trinajstić information content (AvgIpc) is 2.40. The number of hydrogen-bond acceptors (Lipinski definition) is 4. The molecule has 1 aliphatic heterocycles. The van der Waals surface area contributed by atoms with Crippen molar-refractivity contribution >= 4 is 5.82 Å². The molecule has 1 unspecified atom stereocenters. The molecule has 0 bridgehead atoms. The maximum Gasteiger partial charge on any atom is 0.168 e. The van der Waals surface area contributed by atoms with Gasteiger partial charge in [-0.1, -0.05) is 0 Å². The third kappa shape index (κ3) is 2.68. The normalized spacial score (nSPS) is 24.8. The molecule has 2 heterocycles. The lowest BCUT2D eigenvalue weighted by Gasteiger charge is -2.48. The molecule has 1 aromatic heterocycles.